The smallest absolute Gasteiger partial charge is 0.193 e. The molecule has 0 bridgehead atoms. The van der Waals surface area contributed by atoms with Crippen LogP contribution in [0.1, 0.15) is 17.7 Å². The van der Waals surface area contributed by atoms with Gasteiger partial charge in [0.15, 0.2) is 5.96 Å². The zero-order valence-corrected chi connectivity index (χ0v) is 12.6. The summed E-state index contributed by atoms with van der Waals surface area (Å²) in [6.45, 7) is 5.47. The number of pyridine rings is 1. The Bertz CT molecular complexity index is 438. The average Bonchev–Trinajstić information content (AvgIpc) is 2.94. The van der Waals surface area contributed by atoms with E-state index >= 15 is 0 Å². The third kappa shape index (κ3) is 4.20. The first-order chi connectivity index (χ1) is 9.69. The van der Waals surface area contributed by atoms with E-state index in [9.17, 15) is 0 Å². The molecule has 0 radical (unpaired) electrons. The van der Waals surface area contributed by atoms with Crippen LogP contribution in [0, 0.1) is 12.8 Å². The molecule has 110 valence electrons. The van der Waals surface area contributed by atoms with Crippen LogP contribution in [0.15, 0.2) is 23.3 Å². The summed E-state index contributed by atoms with van der Waals surface area (Å²) in [5.41, 5.74) is 2.20. The maximum absolute atomic E-state index is 5.42. The van der Waals surface area contributed by atoms with Gasteiger partial charge in [0.1, 0.15) is 0 Å². The summed E-state index contributed by atoms with van der Waals surface area (Å²) in [5, 5.41) is 3.37. The maximum Gasteiger partial charge on any atom is 0.193 e. The molecule has 0 spiro atoms. The Hall–Kier alpha value is -1.62. The average molecular weight is 276 g/mol. The quantitative estimate of drug-likeness (QED) is 0.668. The molecule has 0 amide bonds. The highest BCUT2D eigenvalue weighted by Gasteiger charge is 2.18. The minimum Gasteiger partial charge on any atom is -0.381 e. The first kappa shape index (κ1) is 14.8. The van der Waals surface area contributed by atoms with Crippen molar-refractivity contribution in [1.82, 2.24) is 15.2 Å². The van der Waals surface area contributed by atoms with Crippen LogP contribution in [-0.2, 0) is 11.3 Å². The number of hydrogen-bond donors (Lipinski definition) is 1. The first-order valence-electron chi connectivity index (χ1n) is 7.10. The molecular weight excluding hydrogens is 252 g/mol. The third-order valence-electron chi connectivity index (χ3n) is 3.55. The van der Waals surface area contributed by atoms with Crippen molar-refractivity contribution in [2.24, 2.45) is 10.9 Å². The van der Waals surface area contributed by atoms with Crippen molar-refractivity contribution in [2.75, 3.05) is 33.9 Å². The second-order valence-electron chi connectivity index (χ2n) is 5.32. The van der Waals surface area contributed by atoms with Gasteiger partial charge in [-0.3, -0.25) is 9.98 Å². The van der Waals surface area contributed by atoms with Crippen LogP contribution in [-0.4, -0.2) is 49.7 Å². The van der Waals surface area contributed by atoms with Crippen molar-refractivity contribution in [1.29, 1.82) is 0 Å². The van der Waals surface area contributed by atoms with Gasteiger partial charge in [0, 0.05) is 51.6 Å². The lowest BCUT2D eigenvalue weighted by Crippen LogP contribution is -2.41. The number of aliphatic imine (C=N–C) groups is 1. The molecule has 5 nitrogen and oxygen atoms in total. The van der Waals surface area contributed by atoms with Crippen LogP contribution in [0.5, 0.6) is 0 Å². The van der Waals surface area contributed by atoms with E-state index < -0.39 is 0 Å². The molecule has 0 aromatic carbocycles. The van der Waals surface area contributed by atoms with Gasteiger partial charge >= 0.3 is 0 Å². The lowest BCUT2D eigenvalue weighted by atomic mass is 10.1. The lowest BCUT2D eigenvalue weighted by molar-refractivity contribution is 0.181. The van der Waals surface area contributed by atoms with E-state index in [0.29, 0.717) is 5.92 Å². The summed E-state index contributed by atoms with van der Waals surface area (Å²) in [6.07, 6.45) is 3.05. The Morgan fingerprint density at radius 2 is 2.40 bits per heavy atom. The SMILES string of the molecule is CN=C(NCc1ccc(C)nc1)N(C)CC1CCOC1. The zero-order valence-electron chi connectivity index (χ0n) is 12.6. The molecule has 1 atom stereocenters. The molecule has 0 aliphatic carbocycles. The number of hydrogen-bond acceptors (Lipinski definition) is 3. The standard InChI is InChI=1S/C15H24N4O/c1-12-4-5-13(8-17-12)9-18-15(16-2)19(3)10-14-6-7-20-11-14/h4-5,8,14H,6-7,9-11H2,1-3H3,(H,16,18). The van der Waals surface area contributed by atoms with E-state index in [-0.39, 0.29) is 0 Å². The molecule has 20 heavy (non-hydrogen) atoms. The highest BCUT2D eigenvalue weighted by molar-refractivity contribution is 5.79. The van der Waals surface area contributed by atoms with Crippen molar-refractivity contribution in [3.05, 3.63) is 29.6 Å². The van der Waals surface area contributed by atoms with Gasteiger partial charge in [0.05, 0.1) is 6.61 Å². The first-order valence-corrected chi connectivity index (χ1v) is 7.10. The normalized spacial score (nSPS) is 19.1. The van der Waals surface area contributed by atoms with Crippen LogP contribution in [0.3, 0.4) is 0 Å². The molecule has 5 heteroatoms. The molecule has 2 rings (SSSR count). The van der Waals surface area contributed by atoms with Gasteiger partial charge in [-0.2, -0.15) is 0 Å². The summed E-state index contributed by atoms with van der Waals surface area (Å²) < 4.78 is 5.42. The summed E-state index contributed by atoms with van der Waals surface area (Å²) in [4.78, 5) is 10.8. The largest absolute Gasteiger partial charge is 0.381 e. The Kier molecular flexibility index (Phi) is 5.35. The highest BCUT2D eigenvalue weighted by Crippen LogP contribution is 2.13. The van der Waals surface area contributed by atoms with Gasteiger partial charge in [0.2, 0.25) is 0 Å². The summed E-state index contributed by atoms with van der Waals surface area (Å²) >= 11 is 0. The maximum atomic E-state index is 5.42. The Morgan fingerprint density at radius 1 is 1.55 bits per heavy atom. The number of nitrogens with zero attached hydrogens (tertiary/aromatic N) is 3. The van der Waals surface area contributed by atoms with Crippen LogP contribution in [0.25, 0.3) is 0 Å². The van der Waals surface area contributed by atoms with Gasteiger partial charge in [0.25, 0.3) is 0 Å². The van der Waals surface area contributed by atoms with Crippen molar-refractivity contribution in [2.45, 2.75) is 19.9 Å². The van der Waals surface area contributed by atoms with Crippen LogP contribution in [0.2, 0.25) is 0 Å². The number of aromatic nitrogens is 1. The van der Waals surface area contributed by atoms with E-state index in [1.54, 1.807) is 0 Å². The Balaban J connectivity index is 1.83. The van der Waals surface area contributed by atoms with Gasteiger partial charge in [-0.1, -0.05) is 6.07 Å². The fourth-order valence-corrected chi connectivity index (χ4v) is 2.37. The second-order valence-corrected chi connectivity index (χ2v) is 5.32. The van der Waals surface area contributed by atoms with E-state index in [4.69, 9.17) is 4.74 Å². The predicted octanol–water partition coefficient (Wildman–Crippen LogP) is 1.43. The van der Waals surface area contributed by atoms with Gasteiger partial charge in [-0.15, -0.1) is 0 Å². The van der Waals surface area contributed by atoms with Crippen LogP contribution in [0.4, 0.5) is 0 Å². The molecule has 1 aliphatic heterocycles. The summed E-state index contributed by atoms with van der Waals surface area (Å²) in [7, 11) is 3.89. The minimum atomic E-state index is 0.611. The number of aryl methyl sites for hydroxylation is 1. The fourth-order valence-electron chi connectivity index (χ4n) is 2.37. The Morgan fingerprint density at radius 3 is 3.00 bits per heavy atom. The number of ether oxygens (including phenoxy) is 1. The second kappa shape index (κ2) is 7.24. The summed E-state index contributed by atoms with van der Waals surface area (Å²) in [5.74, 6) is 1.53. The number of guanidine groups is 1. The molecule has 2 heterocycles. The van der Waals surface area contributed by atoms with Crippen molar-refractivity contribution >= 4 is 5.96 Å². The molecule has 1 unspecified atom stereocenters. The molecule has 1 saturated heterocycles. The third-order valence-corrected chi connectivity index (χ3v) is 3.55. The fraction of sp³-hybridized carbons (Fsp3) is 0.600. The molecule has 1 aromatic rings. The van der Waals surface area contributed by atoms with Gasteiger partial charge in [-0.05, 0) is 25.0 Å². The zero-order chi connectivity index (χ0) is 14.4. The Labute approximate surface area is 121 Å². The van der Waals surface area contributed by atoms with Gasteiger partial charge < -0.3 is 15.0 Å². The van der Waals surface area contributed by atoms with Crippen LogP contribution < -0.4 is 5.32 Å². The monoisotopic (exact) mass is 276 g/mol. The van der Waals surface area contributed by atoms with Crippen molar-refractivity contribution in [3.63, 3.8) is 0 Å². The molecular formula is C15H24N4O. The van der Waals surface area contributed by atoms with E-state index in [1.165, 1.54) is 0 Å². The predicted molar refractivity (Wildman–Crippen MR) is 80.7 cm³/mol. The van der Waals surface area contributed by atoms with E-state index in [1.807, 2.05) is 26.2 Å². The van der Waals surface area contributed by atoms with Crippen molar-refractivity contribution in [3.8, 4) is 0 Å². The highest BCUT2D eigenvalue weighted by atomic mass is 16.5. The number of nitrogens with one attached hydrogen (secondary N) is 1. The van der Waals surface area contributed by atoms with Crippen LogP contribution >= 0.6 is 0 Å². The molecule has 1 N–H and O–H groups in total. The number of rotatable bonds is 4. The van der Waals surface area contributed by atoms with E-state index in [0.717, 1.165) is 49.9 Å². The minimum absolute atomic E-state index is 0.611. The lowest BCUT2D eigenvalue weighted by Gasteiger charge is -2.24. The van der Waals surface area contributed by atoms with E-state index in [2.05, 4.69) is 33.3 Å². The summed E-state index contributed by atoms with van der Waals surface area (Å²) in [6, 6.07) is 4.12. The molecule has 1 aliphatic rings. The van der Waals surface area contributed by atoms with Gasteiger partial charge in [-0.25, -0.2) is 0 Å². The molecule has 1 fully saturated rings. The molecule has 1 aromatic heterocycles. The van der Waals surface area contributed by atoms with Crippen molar-refractivity contribution < 1.29 is 4.74 Å². The topological polar surface area (TPSA) is 49.8 Å². The molecule has 0 saturated carbocycles.